The second kappa shape index (κ2) is 6.56. The highest BCUT2D eigenvalue weighted by Gasteiger charge is 2.16. The van der Waals surface area contributed by atoms with Crippen molar-refractivity contribution in [2.45, 2.75) is 13.0 Å². The van der Waals surface area contributed by atoms with Crippen molar-refractivity contribution in [3.05, 3.63) is 62.6 Å². The molecule has 3 nitrogen and oxygen atoms in total. The molecule has 2 aromatic rings. The first kappa shape index (κ1) is 16.0. The zero-order valence-electron chi connectivity index (χ0n) is 11.2. The first-order valence-electron chi connectivity index (χ1n) is 6.20. The fraction of sp³-hybridized carbons (Fsp3) is 0.133. The molecule has 1 amide bonds. The quantitative estimate of drug-likeness (QED) is 0.792. The van der Waals surface area contributed by atoms with E-state index in [1.165, 1.54) is 0 Å². The molecule has 21 heavy (non-hydrogen) atoms. The largest absolute Gasteiger partial charge is 0.397 e. The van der Waals surface area contributed by atoms with E-state index < -0.39 is 0 Å². The normalized spacial score (nSPS) is 12.0. The predicted octanol–water partition coefficient (Wildman–Crippen LogP) is 4.72. The molecule has 2 rings (SSSR count). The van der Waals surface area contributed by atoms with Crippen molar-refractivity contribution < 1.29 is 4.79 Å². The average molecular weight is 344 g/mol. The predicted molar refractivity (Wildman–Crippen MR) is 88.2 cm³/mol. The van der Waals surface area contributed by atoms with Crippen LogP contribution in [0.15, 0.2) is 36.4 Å². The van der Waals surface area contributed by atoms with Crippen molar-refractivity contribution in [3.63, 3.8) is 0 Å². The number of benzene rings is 2. The lowest BCUT2D eigenvalue weighted by atomic mass is 10.1. The molecule has 0 saturated carbocycles. The van der Waals surface area contributed by atoms with Crippen LogP contribution in [0.25, 0.3) is 0 Å². The van der Waals surface area contributed by atoms with Gasteiger partial charge in [0, 0.05) is 10.0 Å². The highest BCUT2D eigenvalue weighted by atomic mass is 35.5. The van der Waals surface area contributed by atoms with Gasteiger partial charge in [0.1, 0.15) is 0 Å². The minimum Gasteiger partial charge on any atom is -0.397 e. The van der Waals surface area contributed by atoms with E-state index in [0.717, 1.165) is 5.56 Å². The van der Waals surface area contributed by atoms with Crippen LogP contribution in [0.4, 0.5) is 5.69 Å². The first-order chi connectivity index (χ1) is 9.90. The van der Waals surface area contributed by atoms with Gasteiger partial charge >= 0.3 is 0 Å². The third-order valence-corrected chi connectivity index (χ3v) is 3.97. The molecule has 3 N–H and O–H groups in total. The van der Waals surface area contributed by atoms with Gasteiger partial charge in [-0.2, -0.15) is 0 Å². The maximum absolute atomic E-state index is 12.3. The Morgan fingerprint density at radius 2 is 1.86 bits per heavy atom. The Bertz CT molecular complexity index is 689. The number of halogens is 3. The summed E-state index contributed by atoms with van der Waals surface area (Å²) in [5.41, 5.74) is 7.17. The summed E-state index contributed by atoms with van der Waals surface area (Å²) in [7, 11) is 0. The van der Waals surface area contributed by atoms with Crippen LogP contribution < -0.4 is 11.1 Å². The van der Waals surface area contributed by atoms with Crippen LogP contribution in [0.5, 0.6) is 0 Å². The molecule has 0 radical (unpaired) electrons. The monoisotopic (exact) mass is 342 g/mol. The molecule has 0 heterocycles. The van der Waals surface area contributed by atoms with Crippen LogP contribution in [0.2, 0.25) is 15.1 Å². The third-order valence-electron chi connectivity index (χ3n) is 3.07. The fourth-order valence-electron chi connectivity index (χ4n) is 1.94. The van der Waals surface area contributed by atoms with E-state index in [9.17, 15) is 4.79 Å². The van der Waals surface area contributed by atoms with Crippen molar-refractivity contribution >= 4 is 46.4 Å². The summed E-state index contributed by atoms with van der Waals surface area (Å²) in [6.45, 7) is 1.83. The molecule has 0 fully saturated rings. The Kier molecular flexibility index (Phi) is 4.99. The molecular weight excluding hydrogens is 331 g/mol. The third kappa shape index (κ3) is 3.62. The summed E-state index contributed by atoms with van der Waals surface area (Å²) in [6, 6.07) is 9.76. The Balaban J connectivity index is 2.21. The smallest absolute Gasteiger partial charge is 0.253 e. The van der Waals surface area contributed by atoms with Crippen molar-refractivity contribution in [2.24, 2.45) is 0 Å². The summed E-state index contributed by atoms with van der Waals surface area (Å²) in [6.07, 6.45) is 0. The van der Waals surface area contributed by atoms with E-state index in [4.69, 9.17) is 40.5 Å². The number of anilines is 1. The van der Waals surface area contributed by atoms with E-state index in [1.807, 2.05) is 6.92 Å². The standard InChI is InChI=1S/C15H13Cl3N2O/c1-8(10-6-5-9(16)7-13(10)18)20-15(21)11-3-2-4-12(17)14(11)19/h2-8H,19H2,1H3,(H,20,21). The molecule has 0 aliphatic heterocycles. The lowest BCUT2D eigenvalue weighted by Gasteiger charge is -2.17. The molecule has 0 aliphatic carbocycles. The second-order valence-electron chi connectivity index (χ2n) is 4.56. The summed E-state index contributed by atoms with van der Waals surface area (Å²) >= 11 is 17.9. The van der Waals surface area contributed by atoms with Crippen molar-refractivity contribution in [3.8, 4) is 0 Å². The number of nitrogens with one attached hydrogen (secondary N) is 1. The zero-order chi connectivity index (χ0) is 15.6. The van der Waals surface area contributed by atoms with E-state index in [-0.39, 0.29) is 17.6 Å². The van der Waals surface area contributed by atoms with E-state index in [2.05, 4.69) is 5.32 Å². The summed E-state index contributed by atoms with van der Waals surface area (Å²) in [4.78, 5) is 12.3. The summed E-state index contributed by atoms with van der Waals surface area (Å²) < 4.78 is 0. The van der Waals surface area contributed by atoms with Crippen LogP contribution in [-0.2, 0) is 0 Å². The Labute approximate surface area is 138 Å². The van der Waals surface area contributed by atoms with Gasteiger partial charge in [0.05, 0.1) is 22.3 Å². The number of carbonyl (C=O) groups is 1. The average Bonchev–Trinajstić information content (AvgIpc) is 2.41. The Morgan fingerprint density at radius 3 is 2.52 bits per heavy atom. The Hall–Kier alpha value is -1.42. The van der Waals surface area contributed by atoms with Gasteiger partial charge in [0.25, 0.3) is 5.91 Å². The van der Waals surface area contributed by atoms with E-state index in [1.54, 1.807) is 36.4 Å². The minimum atomic E-state index is -0.312. The SMILES string of the molecule is CC(NC(=O)c1cccc(Cl)c1N)c1ccc(Cl)cc1Cl. The molecular formula is C15H13Cl3N2O. The summed E-state index contributed by atoms with van der Waals surface area (Å²) in [5.74, 6) is -0.312. The molecule has 1 unspecified atom stereocenters. The van der Waals surface area contributed by atoms with Gasteiger partial charge in [-0.15, -0.1) is 0 Å². The fourth-order valence-corrected chi connectivity index (χ4v) is 2.69. The molecule has 0 spiro atoms. The number of hydrogen-bond acceptors (Lipinski definition) is 2. The zero-order valence-corrected chi connectivity index (χ0v) is 13.4. The number of hydrogen-bond donors (Lipinski definition) is 2. The van der Waals surface area contributed by atoms with Gasteiger partial charge in [-0.3, -0.25) is 4.79 Å². The maximum atomic E-state index is 12.3. The lowest BCUT2D eigenvalue weighted by Crippen LogP contribution is -2.27. The van der Waals surface area contributed by atoms with Gasteiger partial charge in [0.2, 0.25) is 0 Å². The van der Waals surface area contributed by atoms with Gasteiger partial charge in [-0.1, -0.05) is 46.9 Å². The minimum absolute atomic E-state index is 0.256. The highest BCUT2D eigenvalue weighted by Crippen LogP contribution is 2.27. The van der Waals surface area contributed by atoms with Crippen LogP contribution in [0, 0.1) is 0 Å². The number of rotatable bonds is 3. The van der Waals surface area contributed by atoms with E-state index in [0.29, 0.717) is 20.6 Å². The van der Waals surface area contributed by atoms with Crippen LogP contribution in [0.1, 0.15) is 28.9 Å². The van der Waals surface area contributed by atoms with E-state index >= 15 is 0 Å². The number of amides is 1. The topological polar surface area (TPSA) is 55.1 Å². The maximum Gasteiger partial charge on any atom is 0.253 e. The van der Waals surface area contributed by atoms with Gasteiger partial charge in [0.15, 0.2) is 0 Å². The Morgan fingerprint density at radius 1 is 1.14 bits per heavy atom. The molecule has 110 valence electrons. The number of carbonyl (C=O) groups excluding carboxylic acids is 1. The highest BCUT2D eigenvalue weighted by molar-refractivity contribution is 6.35. The van der Waals surface area contributed by atoms with Gasteiger partial charge < -0.3 is 11.1 Å². The molecule has 2 aromatic carbocycles. The molecule has 6 heteroatoms. The number of nitrogen functional groups attached to an aromatic ring is 1. The van der Waals surface area contributed by atoms with Gasteiger partial charge in [-0.25, -0.2) is 0 Å². The van der Waals surface area contributed by atoms with Crippen LogP contribution in [-0.4, -0.2) is 5.91 Å². The molecule has 0 aromatic heterocycles. The number of para-hydroxylation sites is 1. The first-order valence-corrected chi connectivity index (χ1v) is 7.33. The van der Waals surface area contributed by atoms with Crippen molar-refractivity contribution in [2.75, 3.05) is 5.73 Å². The molecule has 0 aliphatic rings. The van der Waals surface area contributed by atoms with Crippen LogP contribution >= 0.6 is 34.8 Å². The van der Waals surface area contributed by atoms with Crippen molar-refractivity contribution in [1.82, 2.24) is 5.32 Å². The van der Waals surface area contributed by atoms with Gasteiger partial charge in [-0.05, 0) is 36.8 Å². The lowest BCUT2D eigenvalue weighted by molar-refractivity contribution is 0.0941. The molecule has 1 atom stereocenters. The van der Waals surface area contributed by atoms with Crippen molar-refractivity contribution in [1.29, 1.82) is 0 Å². The van der Waals surface area contributed by atoms with Crippen LogP contribution in [0.3, 0.4) is 0 Å². The molecule has 0 bridgehead atoms. The number of nitrogens with two attached hydrogens (primary N) is 1. The second-order valence-corrected chi connectivity index (χ2v) is 5.81. The summed E-state index contributed by atoms with van der Waals surface area (Å²) in [5, 5.41) is 4.22. The molecule has 0 saturated heterocycles.